The van der Waals surface area contributed by atoms with Gasteiger partial charge < -0.3 is 18.6 Å². The van der Waals surface area contributed by atoms with Gasteiger partial charge in [0, 0.05) is 33.9 Å². The van der Waals surface area contributed by atoms with Gasteiger partial charge in [-0.3, -0.25) is 9.89 Å². The minimum absolute atomic E-state index is 0.122. The minimum atomic E-state index is -0.579. The highest BCUT2D eigenvalue weighted by atomic mass is 79.9. The third-order valence-electron chi connectivity index (χ3n) is 6.51. The molecule has 10 nitrogen and oxygen atoms in total. The summed E-state index contributed by atoms with van der Waals surface area (Å²) in [7, 11) is -0.317. The van der Waals surface area contributed by atoms with Gasteiger partial charge in [0.05, 0.1) is 35.7 Å². The van der Waals surface area contributed by atoms with E-state index in [-0.39, 0.29) is 23.9 Å². The summed E-state index contributed by atoms with van der Waals surface area (Å²) in [6.07, 6.45) is 6.05. The molecule has 1 aliphatic heterocycles. The molecule has 1 saturated heterocycles. The first kappa shape index (κ1) is 28.8. The van der Waals surface area contributed by atoms with Crippen LogP contribution in [0.4, 0.5) is 4.79 Å². The van der Waals surface area contributed by atoms with E-state index >= 15 is 0 Å². The van der Waals surface area contributed by atoms with Crippen molar-refractivity contribution in [1.82, 2.24) is 24.5 Å². The molecule has 0 bridgehead atoms. The fourth-order valence-corrected chi connectivity index (χ4v) is 4.13. The second-order valence-electron chi connectivity index (χ2n) is 11.4. The van der Waals surface area contributed by atoms with Gasteiger partial charge >= 0.3 is 13.2 Å². The SMILES string of the molecule is CC(C)(C)OC(=O)n1cc(Cn2cc(Br)ccc2=O)cn1.CC1(C)OB(c2ccc3cn[nH]c3c2)OC1(C)C. The van der Waals surface area contributed by atoms with E-state index < -0.39 is 11.7 Å². The summed E-state index contributed by atoms with van der Waals surface area (Å²) in [5, 5.41) is 12.0. The second-order valence-corrected chi connectivity index (χ2v) is 12.3. The van der Waals surface area contributed by atoms with Gasteiger partial charge in [-0.05, 0) is 82.0 Å². The number of hydrogen-bond acceptors (Lipinski definition) is 7. The summed E-state index contributed by atoms with van der Waals surface area (Å²) in [5.41, 5.74) is 1.45. The molecule has 3 aromatic heterocycles. The molecule has 0 atom stereocenters. The molecule has 206 valence electrons. The van der Waals surface area contributed by atoms with E-state index in [0.717, 1.165) is 31.1 Å². The molecule has 1 aromatic carbocycles. The van der Waals surface area contributed by atoms with Gasteiger partial charge in [0.1, 0.15) is 5.60 Å². The zero-order chi connectivity index (χ0) is 28.6. The number of hydrogen-bond donors (Lipinski definition) is 1. The summed E-state index contributed by atoms with van der Waals surface area (Å²) in [5.74, 6) is 0. The van der Waals surface area contributed by atoms with Crippen LogP contribution >= 0.6 is 15.9 Å². The number of carbonyl (C=O) groups is 1. The van der Waals surface area contributed by atoms with Crippen LogP contribution in [0.5, 0.6) is 0 Å². The number of aromatic nitrogens is 5. The zero-order valence-electron chi connectivity index (χ0n) is 23.2. The van der Waals surface area contributed by atoms with Crippen molar-refractivity contribution in [3.8, 4) is 0 Å². The number of nitrogens with zero attached hydrogens (tertiary/aromatic N) is 4. The van der Waals surface area contributed by atoms with Crippen LogP contribution in [0.25, 0.3) is 10.9 Å². The van der Waals surface area contributed by atoms with E-state index in [9.17, 15) is 9.59 Å². The van der Waals surface area contributed by atoms with Crippen LogP contribution in [-0.4, -0.2) is 54.6 Å². The van der Waals surface area contributed by atoms with Crippen molar-refractivity contribution in [2.45, 2.75) is 71.8 Å². The molecule has 5 rings (SSSR count). The molecule has 0 radical (unpaired) electrons. The smallest absolute Gasteiger partial charge is 0.442 e. The number of benzene rings is 1. The van der Waals surface area contributed by atoms with Crippen LogP contribution in [0.15, 0.2) is 64.4 Å². The number of aromatic amines is 1. The van der Waals surface area contributed by atoms with Gasteiger partial charge in [0.15, 0.2) is 0 Å². The Morgan fingerprint density at radius 2 is 1.77 bits per heavy atom. The Balaban J connectivity index is 0.000000183. The highest BCUT2D eigenvalue weighted by Crippen LogP contribution is 2.36. The van der Waals surface area contributed by atoms with E-state index in [2.05, 4.69) is 58.9 Å². The van der Waals surface area contributed by atoms with Crippen molar-refractivity contribution in [2.75, 3.05) is 0 Å². The molecule has 0 spiro atoms. The van der Waals surface area contributed by atoms with Crippen LogP contribution in [0.2, 0.25) is 0 Å². The Bertz CT molecular complexity index is 1520. The number of halogens is 1. The first-order valence-electron chi connectivity index (χ1n) is 12.6. The number of carbonyl (C=O) groups excluding carboxylic acids is 1. The molecule has 0 unspecified atom stereocenters. The Morgan fingerprint density at radius 3 is 2.44 bits per heavy atom. The van der Waals surface area contributed by atoms with Gasteiger partial charge in [-0.25, -0.2) is 4.79 Å². The highest BCUT2D eigenvalue weighted by molar-refractivity contribution is 9.10. The average molecular weight is 598 g/mol. The van der Waals surface area contributed by atoms with Crippen molar-refractivity contribution >= 4 is 45.5 Å². The van der Waals surface area contributed by atoms with Crippen LogP contribution in [-0.2, 0) is 20.6 Å². The molecule has 1 N–H and O–H groups in total. The third-order valence-corrected chi connectivity index (χ3v) is 6.98. The fraction of sp³-hybridized carbons (Fsp3) is 0.407. The van der Waals surface area contributed by atoms with Gasteiger partial charge in [-0.2, -0.15) is 14.9 Å². The van der Waals surface area contributed by atoms with Gasteiger partial charge in [-0.15, -0.1) is 0 Å². The van der Waals surface area contributed by atoms with E-state index in [1.165, 1.54) is 16.8 Å². The Kier molecular flexibility index (Phi) is 7.93. The predicted molar refractivity (Wildman–Crippen MR) is 153 cm³/mol. The summed E-state index contributed by atoms with van der Waals surface area (Å²) in [6, 6.07) is 9.25. The fourth-order valence-electron chi connectivity index (χ4n) is 3.75. The predicted octanol–water partition coefficient (Wildman–Crippen LogP) is 4.50. The number of rotatable bonds is 3. The van der Waals surface area contributed by atoms with Crippen molar-refractivity contribution in [3.63, 3.8) is 0 Å². The Morgan fingerprint density at radius 1 is 1.08 bits per heavy atom. The molecule has 4 heterocycles. The number of H-pyrrole nitrogens is 1. The standard InChI is InChI=1S/C14H16BrN3O3.C13H17BN2O2/c1-14(2,3)21-13(20)18-8-10(6-16-18)7-17-9-11(15)4-5-12(17)19;1-12(2)13(3,4)18-14(17-12)10-6-5-9-8-15-16-11(9)7-10/h4-6,8-9H,7H2,1-3H3;5-8H,1-4H3,(H,15,16). The number of pyridine rings is 1. The number of fused-ring (bicyclic) bond motifs is 1. The molecule has 0 amide bonds. The summed E-state index contributed by atoms with van der Waals surface area (Å²) >= 11 is 3.32. The molecule has 0 saturated carbocycles. The molecule has 1 aliphatic rings. The molecule has 39 heavy (non-hydrogen) atoms. The van der Waals surface area contributed by atoms with Crippen LogP contribution in [0, 0.1) is 0 Å². The maximum Gasteiger partial charge on any atom is 0.494 e. The molecular formula is C27H33BBrN5O5. The van der Waals surface area contributed by atoms with Crippen LogP contribution < -0.4 is 11.0 Å². The quantitative estimate of drug-likeness (QED) is 0.346. The van der Waals surface area contributed by atoms with Crippen molar-refractivity contribution in [3.05, 3.63) is 75.5 Å². The van der Waals surface area contributed by atoms with Crippen molar-refractivity contribution in [2.24, 2.45) is 0 Å². The van der Waals surface area contributed by atoms with E-state index in [1.54, 1.807) is 39.2 Å². The summed E-state index contributed by atoms with van der Waals surface area (Å²) < 4.78 is 20.7. The highest BCUT2D eigenvalue weighted by Gasteiger charge is 2.51. The molecule has 0 aliphatic carbocycles. The maximum absolute atomic E-state index is 11.8. The first-order valence-corrected chi connectivity index (χ1v) is 13.3. The Labute approximate surface area is 235 Å². The largest absolute Gasteiger partial charge is 0.494 e. The number of ether oxygens (including phenoxy) is 1. The lowest BCUT2D eigenvalue weighted by Gasteiger charge is -2.32. The van der Waals surface area contributed by atoms with Gasteiger partial charge in [0.25, 0.3) is 5.56 Å². The van der Waals surface area contributed by atoms with Crippen molar-refractivity contribution < 1.29 is 18.8 Å². The van der Waals surface area contributed by atoms with E-state index in [4.69, 9.17) is 14.0 Å². The normalized spacial score (nSPS) is 16.2. The van der Waals surface area contributed by atoms with Gasteiger partial charge in [0.2, 0.25) is 0 Å². The van der Waals surface area contributed by atoms with Crippen LogP contribution in [0.1, 0.15) is 54.0 Å². The Hall–Kier alpha value is -3.22. The van der Waals surface area contributed by atoms with Gasteiger partial charge in [-0.1, -0.05) is 12.1 Å². The monoisotopic (exact) mass is 597 g/mol. The molecular weight excluding hydrogens is 565 g/mol. The van der Waals surface area contributed by atoms with Crippen LogP contribution in [0.3, 0.4) is 0 Å². The lowest BCUT2D eigenvalue weighted by molar-refractivity contribution is 0.00578. The first-order chi connectivity index (χ1) is 18.1. The molecule has 12 heteroatoms. The number of nitrogens with one attached hydrogen (secondary N) is 1. The lowest BCUT2D eigenvalue weighted by atomic mass is 9.79. The van der Waals surface area contributed by atoms with Crippen molar-refractivity contribution in [1.29, 1.82) is 0 Å². The topological polar surface area (TPSA) is 113 Å². The minimum Gasteiger partial charge on any atom is -0.442 e. The molecule has 1 fully saturated rings. The lowest BCUT2D eigenvalue weighted by Crippen LogP contribution is -2.41. The average Bonchev–Trinajstić information content (AvgIpc) is 3.53. The second kappa shape index (κ2) is 10.7. The third kappa shape index (κ3) is 6.87. The summed E-state index contributed by atoms with van der Waals surface area (Å²) in [6.45, 7) is 13.9. The van der Waals surface area contributed by atoms with E-state index in [1.807, 2.05) is 24.4 Å². The zero-order valence-corrected chi connectivity index (χ0v) is 24.8. The molecule has 4 aromatic rings. The summed E-state index contributed by atoms with van der Waals surface area (Å²) in [4.78, 5) is 23.6. The van der Waals surface area contributed by atoms with E-state index in [0.29, 0.717) is 6.54 Å². The maximum atomic E-state index is 11.8.